The summed E-state index contributed by atoms with van der Waals surface area (Å²) in [5.41, 5.74) is 5.23. The van der Waals surface area contributed by atoms with Crippen LogP contribution >= 0.6 is 0 Å². The maximum atomic E-state index is 13.0. The van der Waals surface area contributed by atoms with Gasteiger partial charge in [0, 0.05) is 73.1 Å². The third-order valence-corrected chi connectivity index (χ3v) is 7.60. The number of piperazine rings is 1. The first kappa shape index (κ1) is 23.0. The number of nitrogens with zero attached hydrogens (tertiary/aromatic N) is 7. The molecule has 2 unspecified atom stereocenters. The molecule has 4 aliphatic heterocycles. The molecule has 4 aromatic heterocycles. The molecule has 4 aromatic rings. The van der Waals surface area contributed by atoms with Gasteiger partial charge < -0.3 is 14.4 Å². The van der Waals surface area contributed by atoms with Crippen molar-refractivity contribution in [3.8, 4) is 22.8 Å². The second-order valence-electron chi connectivity index (χ2n) is 9.83. The summed E-state index contributed by atoms with van der Waals surface area (Å²) in [6.07, 6.45) is 8.12. The number of rotatable bonds is 7. The normalized spacial score (nSPS) is 20.2. The molecule has 0 spiro atoms. The van der Waals surface area contributed by atoms with Crippen LogP contribution in [0.5, 0.6) is 11.6 Å². The summed E-state index contributed by atoms with van der Waals surface area (Å²) < 4.78 is 37.5. The number of pyridine rings is 3. The molecule has 0 radical (unpaired) electrons. The highest BCUT2D eigenvalue weighted by atomic mass is 19.3. The van der Waals surface area contributed by atoms with Gasteiger partial charge in [-0.15, -0.1) is 0 Å². The van der Waals surface area contributed by atoms with E-state index in [2.05, 4.69) is 30.9 Å². The lowest BCUT2D eigenvalue weighted by molar-refractivity contribution is -0.0501. The van der Waals surface area contributed by atoms with Crippen LogP contribution in [0.25, 0.3) is 16.6 Å². The predicted molar refractivity (Wildman–Crippen MR) is 137 cm³/mol. The molecular formula is C27H25F2N7O2. The van der Waals surface area contributed by atoms with Gasteiger partial charge in [-0.05, 0) is 30.2 Å². The molecule has 0 N–H and O–H groups in total. The smallest absolute Gasteiger partial charge is 0.387 e. The molecule has 4 aliphatic rings. The Hall–Kier alpha value is -4.12. The Morgan fingerprint density at radius 3 is 2.66 bits per heavy atom. The fourth-order valence-corrected chi connectivity index (χ4v) is 5.79. The van der Waals surface area contributed by atoms with Crippen molar-refractivity contribution in [2.24, 2.45) is 4.99 Å². The Balaban J connectivity index is 1.11. The van der Waals surface area contributed by atoms with Gasteiger partial charge in [0.25, 0.3) is 0 Å². The summed E-state index contributed by atoms with van der Waals surface area (Å²) in [5.74, 6) is 1.58. The molecule has 0 aromatic carbocycles. The highest BCUT2D eigenvalue weighted by Crippen LogP contribution is 2.37. The summed E-state index contributed by atoms with van der Waals surface area (Å²) in [7, 11) is 1.62. The van der Waals surface area contributed by atoms with Crippen LogP contribution in [0.2, 0.25) is 0 Å². The predicted octanol–water partition coefficient (Wildman–Crippen LogP) is 3.80. The molecule has 3 saturated heterocycles. The Labute approximate surface area is 217 Å². The minimum atomic E-state index is -2.92. The minimum Gasteiger partial charge on any atom is -0.481 e. The first-order chi connectivity index (χ1) is 18.6. The standard InChI is InChI=1S/C27H25F2N7O2/c1-37-25-5-2-16(8-32-25)12-35-18-6-19(35)14-34(13-18)24-4-3-17(9-31-24)21-7-20(38-27(28)29)15-36-26(21)22-10-30-11-23(22)33-36/h2-5,7-10,15,18-19,27H,6,11-14H2,1H3. The van der Waals surface area contributed by atoms with Gasteiger partial charge in [0.05, 0.1) is 31.1 Å². The molecule has 194 valence electrons. The molecule has 3 fully saturated rings. The van der Waals surface area contributed by atoms with E-state index < -0.39 is 6.61 Å². The van der Waals surface area contributed by atoms with E-state index in [1.165, 1.54) is 18.2 Å². The maximum Gasteiger partial charge on any atom is 0.387 e. The quantitative estimate of drug-likeness (QED) is 0.369. The van der Waals surface area contributed by atoms with Crippen LogP contribution in [0.3, 0.4) is 0 Å². The number of hydrogen-bond acceptors (Lipinski definition) is 8. The van der Waals surface area contributed by atoms with Gasteiger partial charge in [0.15, 0.2) is 0 Å². The number of alkyl halides is 2. The lowest BCUT2D eigenvalue weighted by Gasteiger charge is -2.56. The highest BCUT2D eigenvalue weighted by molar-refractivity contribution is 5.99. The van der Waals surface area contributed by atoms with E-state index >= 15 is 0 Å². The molecule has 11 heteroatoms. The molecule has 8 rings (SSSR count). The summed E-state index contributed by atoms with van der Waals surface area (Å²) in [5, 5.41) is 4.52. The summed E-state index contributed by atoms with van der Waals surface area (Å²) in [6, 6.07) is 10.5. The zero-order chi connectivity index (χ0) is 25.8. The van der Waals surface area contributed by atoms with Crippen molar-refractivity contribution in [1.82, 2.24) is 24.5 Å². The monoisotopic (exact) mass is 517 g/mol. The highest BCUT2D eigenvalue weighted by Gasteiger charge is 2.44. The van der Waals surface area contributed by atoms with Crippen molar-refractivity contribution < 1.29 is 18.3 Å². The third-order valence-electron chi connectivity index (χ3n) is 7.60. The van der Waals surface area contributed by atoms with Crippen molar-refractivity contribution in [3.63, 3.8) is 0 Å². The first-order valence-electron chi connectivity index (χ1n) is 12.5. The fraction of sp³-hybridized carbons (Fsp3) is 0.333. The van der Waals surface area contributed by atoms with Gasteiger partial charge >= 0.3 is 6.61 Å². The maximum absolute atomic E-state index is 13.0. The molecule has 0 aliphatic carbocycles. The Bertz CT molecular complexity index is 1510. The van der Waals surface area contributed by atoms with Gasteiger partial charge in [-0.1, -0.05) is 6.07 Å². The molecular weight excluding hydrogens is 492 g/mol. The molecule has 2 bridgehead atoms. The van der Waals surface area contributed by atoms with E-state index in [1.807, 2.05) is 24.4 Å². The second kappa shape index (κ2) is 9.02. The first-order valence-corrected chi connectivity index (χ1v) is 12.5. The SMILES string of the molecule is COc1ccc(CN2C3CC2CN(c2ccc(-c4cc(OC(F)F)cn5nc6c(c45)C=NC6)cn2)C3)cn1. The van der Waals surface area contributed by atoms with E-state index in [-0.39, 0.29) is 5.75 Å². The van der Waals surface area contributed by atoms with Gasteiger partial charge in [-0.25, -0.2) is 14.5 Å². The lowest BCUT2D eigenvalue weighted by atomic mass is 9.87. The van der Waals surface area contributed by atoms with Crippen molar-refractivity contribution in [2.45, 2.75) is 38.2 Å². The topological polar surface area (TPSA) is 80.4 Å². The lowest BCUT2D eigenvalue weighted by Crippen LogP contribution is -2.68. The van der Waals surface area contributed by atoms with E-state index in [0.29, 0.717) is 24.5 Å². The van der Waals surface area contributed by atoms with E-state index in [4.69, 9.17) is 14.5 Å². The van der Waals surface area contributed by atoms with E-state index in [0.717, 1.165) is 53.4 Å². The van der Waals surface area contributed by atoms with Gasteiger partial charge in [0.2, 0.25) is 5.88 Å². The Morgan fingerprint density at radius 1 is 1.08 bits per heavy atom. The van der Waals surface area contributed by atoms with Crippen molar-refractivity contribution in [1.29, 1.82) is 0 Å². The number of aromatic nitrogens is 4. The van der Waals surface area contributed by atoms with Crippen LogP contribution in [0, 0.1) is 0 Å². The number of fused-ring (bicyclic) bond motifs is 5. The molecule has 0 saturated carbocycles. The number of ether oxygens (including phenoxy) is 2. The third kappa shape index (κ3) is 3.94. The minimum absolute atomic E-state index is 0.0490. The van der Waals surface area contributed by atoms with Crippen LogP contribution in [0.4, 0.5) is 14.6 Å². The number of hydrogen-bond donors (Lipinski definition) is 0. The van der Waals surface area contributed by atoms with Crippen LogP contribution in [0.15, 0.2) is 53.9 Å². The van der Waals surface area contributed by atoms with Crippen molar-refractivity contribution >= 4 is 17.5 Å². The van der Waals surface area contributed by atoms with Crippen LogP contribution in [-0.2, 0) is 13.1 Å². The number of piperidine rings is 1. The fourth-order valence-electron chi connectivity index (χ4n) is 5.79. The average Bonchev–Trinajstić information content (AvgIpc) is 3.53. The zero-order valence-corrected chi connectivity index (χ0v) is 20.7. The molecule has 8 heterocycles. The van der Waals surface area contributed by atoms with Crippen LogP contribution in [0.1, 0.15) is 23.2 Å². The summed E-state index contributed by atoms with van der Waals surface area (Å²) in [6.45, 7) is 0.235. The molecule has 2 atom stereocenters. The number of methoxy groups -OCH3 is 1. The molecule has 38 heavy (non-hydrogen) atoms. The zero-order valence-electron chi connectivity index (χ0n) is 20.7. The van der Waals surface area contributed by atoms with Gasteiger partial charge in [-0.3, -0.25) is 9.89 Å². The second-order valence-corrected chi connectivity index (χ2v) is 9.83. The van der Waals surface area contributed by atoms with Crippen LogP contribution < -0.4 is 14.4 Å². The van der Waals surface area contributed by atoms with Crippen LogP contribution in [-0.4, -0.2) is 69.6 Å². The van der Waals surface area contributed by atoms with E-state index in [1.54, 1.807) is 30.1 Å². The Kier molecular flexibility index (Phi) is 5.46. The van der Waals surface area contributed by atoms with Crippen molar-refractivity contribution in [2.75, 3.05) is 25.1 Å². The van der Waals surface area contributed by atoms with Crippen molar-refractivity contribution in [3.05, 3.63) is 65.7 Å². The summed E-state index contributed by atoms with van der Waals surface area (Å²) in [4.78, 5) is 18.2. The Morgan fingerprint density at radius 2 is 1.95 bits per heavy atom. The van der Waals surface area contributed by atoms with Gasteiger partial charge in [0.1, 0.15) is 11.6 Å². The van der Waals surface area contributed by atoms with E-state index in [9.17, 15) is 8.78 Å². The molecule has 0 amide bonds. The number of halogens is 2. The average molecular weight is 518 g/mol. The molecule has 9 nitrogen and oxygen atoms in total. The number of anilines is 1. The summed E-state index contributed by atoms with van der Waals surface area (Å²) >= 11 is 0. The van der Waals surface area contributed by atoms with Gasteiger partial charge in [-0.2, -0.15) is 13.9 Å². The number of aliphatic imine (C=N–C) groups is 1. The largest absolute Gasteiger partial charge is 0.481 e.